The van der Waals surface area contributed by atoms with Crippen LogP contribution >= 0.6 is 0 Å². The van der Waals surface area contributed by atoms with E-state index in [1.165, 1.54) is 32.3 Å². The van der Waals surface area contributed by atoms with Gasteiger partial charge in [0.15, 0.2) is 0 Å². The van der Waals surface area contributed by atoms with Crippen LogP contribution in [0.4, 0.5) is 5.69 Å². The molecule has 0 saturated heterocycles. The zero-order valence-corrected chi connectivity index (χ0v) is 17.0. The van der Waals surface area contributed by atoms with Crippen LogP contribution in [0.15, 0.2) is 78.0 Å². The van der Waals surface area contributed by atoms with Gasteiger partial charge >= 0.3 is 0 Å². The maximum Gasteiger partial charge on any atom is 0.248 e. The average molecular weight is 410 g/mol. The highest BCUT2D eigenvalue weighted by Crippen LogP contribution is 2.18. The van der Waals surface area contributed by atoms with Gasteiger partial charge in [0.1, 0.15) is 0 Å². The zero-order valence-electron chi connectivity index (χ0n) is 16.2. The SMILES string of the molecule is CN(C)S(=O)(=O)c1cccc(NC(=O)/C=C/c2cnn(Cc3ccccc3)c2)c1. The van der Waals surface area contributed by atoms with Crippen molar-refractivity contribution in [3.8, 4) is 0 Å². The second-order valence-corrected chi connectivity index (χ2v) is 8.75. The first-order valence-corrected chi connectivity index (χ1v) is 10.4. The van der Waals surface area contributed by atoms with E-state index >= 15 is 0 Å². The Balaban J connectivity index is 1.63. The minimum Gasteiger partial charge on any atom is -0.322 e. The molecule has 8 heteroatoms. The first-order chi connectivity index (χ1) is 13.8. The fourth-order valence-electron chi connectivity index (χ4n) is 2.62. The standard InChI is InChI=1S/C21H22N4O3S/c1-24(2)29(27,28)20-10-6-9-19(13-20)23-21(26)12-11-18-14-22-25(16-18)15-17-7-4-3-5-8-17/h3-14,16H,15H2,1-2H3,(H,23,26)/b12-11+. The largest absolute Gasteiger partial charge is 0.322 e. The number of sulfonamides is 1. The Morgan fingerprint density at radius 3 is 2.62 bits per heavy atom. The highest BCUT2D eigenvalue weighted by atomic mass is 32.2. The summed E-state index contributed by atoms with van der Waals surface area (Å²) in [6.07, 6.45) is 6.57. The molecule has 3 aromatic rings. The summed E-state index contributed by atoms with van der Waals surface area (Å²) in [5.74, 6) is -0.361. The number of amides is 1. The fourth-order valence-corrected chi connectivity index (χ4v) is 3.57. The number of hydrogen-bond donors (Lipinski definition) is 1. The first-order valence-electron chi connectivity index (χ1n) is 8.92. The van der Waals surface area contributed by atoms with Gasteiger partial charge in [-0.2, -0.15) is 5.10 Å². The average Bonchev–Trinajstić information content (AvgIpc) is 3.14. The highest BCUT2D eigenvalue weighted by molar-refractivity contribution is 7.89. The lowest BCUT2D eigenvalue weighted by atomic mass is 10.2. The second-order valence-electron chi connectivity index (χ2n) is 6.59. The first kappa shape index (κ1) is 20.5. The predicted molar refractivity (Wildman–Crippen MR) is 113 cm³/mol. The molecule has 0 spiro atoms. The summed E-state index contributed by atoms with van der Waals surface area (Å²) in [5.41, 5.74) is 2.33. The molecule has 29 heavy (non-hydrogen) atoms. The van der Waals surface area contributed by atoms with Crippen molar-refractivity contribution in [3.05, 3.63) is 84.2 Å². The Kier molecular flexibility index (Phi) is 6.26. The second kappa shape index (κ2) is 8.85. The van der Waals surface area contributed by atoms with Gasteiger partial charge in [-0.05, 0) is 29.8 Å². The van der Waals surface area contributed by atoms with E-state index in [1.807, 2.05) is 36.5 Å². The van der Waals surface area contributed by atoms with Gasteiger partial charge in [-0.1, -0.05) is 36.4 Å². The van der Waals surface area contributed by atoms with Crippen molar-refractivity contribution in [2.45, 2.75) is 11.4 Å². The van der Waals surface area contributed by atoms with Crippen molar-refractivity contribution in [2.75, 3.05) is 19.4 Å². The number of aromatic nitrogens is 2. The molecule has 0 atom stereocenters. The molecule has 0 unspecified atom stereocenters. The molecule has 1 aromatic heterocycles. The number of benzene rings is 2. The molecule has 1 N–H and O–H groups in total. The summed E-state index contributed by atoms with van der Waals surface area (Å²) < 4.78 is 27.3. The third-order valence-electron chi connectivity index (χ3n) is 4.15. The third kappa shape index (κ3) is 5.40. The smallest absolute Gasteiger partial charge is 0.248 e. The minimum atomic E-state index is -3.56. The van der Waals surface area contributed by atoms with Crippen LogP contribution in [0.25, 0.3) is 6.08 Å². The number of rotatable bonds is 7. The van der Waals surface area contributed by atoms with Gasteiger partial charge in [0, 0.05) is 37.6 Å². The molecule has 1 amide bonds. The summed E-state index contributed by atoms with van der Waals surface area (Å²) in [5, 5.41) is 6.97. The molecule has 150 valence electrons. The number of anilines is 1. The van der Waals surface area contributed by atoms with Crippen LogP contribution in [0.3, 0.4) is 0 Å². The van der Waals surface area contributed by atoms with Crippen molar-refractivity contribution >= 4 is 27.7 Å². The van der Waals surface area contributed by atoms with E-state index in [0.717, 1.165) is 15.4 Å². The highest BCUT2D eigenvalue weighted by Gasteiger charge is 2.17. The molecule has 3 rings (SSSR count). The van der Waals surface area contributed by atoms with Crippen molar-refractivity contribution in [3.63, 3.8) is 0 Å². The summed E-state index contributed by atoms with van der Waals surface area (Å²) in [4.78, 5) is 12.3. The van der Waals surface area contributed by atoms with E-state index in [2.05, 4.69) is 10.4 Å². The topological polar surface area (TPSA) is 84.3 Å². The van der Waals surface area contributed by atoms with E-state index in [0.29, 0.717) is 12.2 Å². The van der Waals surface area contributed by atoms with Crippen LogP contribution in [0.1, 0.15) is 11.1 Å². The molecule has 0 radical (unpaired) electrons. The van der Waals surface area contributed by atoms with Crippen molar-refractivity contribution in [1.29, 1.82) is 0 Å². The quantitative estimate of drug-likeness (QED) is 0.607. The normalized spacial score (nSPS) is 11.8. The van der Waals surface area contributed by atoms with E-state index in [4.69, 9.17) is 0 Å². The number of carbonyl (C=O) groups is 1. The minimum absolute atomic E-state index is 0.117. The monoisotopic (exact) mass is 410 g/mol. The lowest BCUT2D eigenvalue weighted by Gasteiger charge is -2.12. The molecular weight excluding hydrogens is 388 g/mol. The number of nitrogens with one attached hydrogen (secondary N) is 1. The molecule has 0 saturated carbocycles. The molecule has 0 bridgehead atoms. The van der Waals surface area contributed by atoms with Crippen molar-refractivity contribution < 1.29 is 13.2 Å². The number of carbonyl (C=O) groups excluding carboxylic acids is 1. The Bertz CT molecular complexity index is 1120. The Morgan fingerprint density at radius 1 is 1.14 bits per heavy atom. The molecule has 0 aliphatic heterocycles. The molecular formula is C21H22N4O3S. The fraction of sp³-hybridized carbons (Fsp3) is 0.143. The van der Waals surface area contributed by atoms with E-state index in [1.54, 1.807) is 29.1 Å². The Labute approximate surface area is 170 Å². The summed E-state index contributed by atoms with van der Waals surface area (Å²) in [6, 6.07) is 16.1. The van der Waals surface area contributed by atoms with Crippen LogP contribution < -0.4 is 5.32 Å². The Hall–Kier alpha value is -3.23. The van der Waals surface area contributed by atoms with Gasteiger partial charge in [0.2, 0.25) is 15.9 Å². The predicted octanol–water partition coefficient (Wildman–Crippen LogP) is 2.83. The molecule has 7 nitrogen and oxygen atoms in total. The van der Waals surface area contributed by atoms with Crippen molar-refractivity contribution in [2.24, 2.45) is 0 Å². The van der Waals surface area contributed by atoms with E-state index < -0.39 is 10.0 Å². The van der Waals surface area contributed by atoms with Crippen LogP contribution in [0.5, 0.6) is 0 Å². The molecule has 1 heterocycles. The van der Waals surface area contributed by atoms with Crippen molar-refractivity contribution in [1.82, 2.24) is 14.1 Å². The maximum absolute atomic E-state index is 12.2. The lowest BCUT2D eigenvalue weighted by molar-refractivity contribution is -0.111. The number of hydrogen-bond acceptors (Lipinski definition) is 4. The maximum atomic E-state index is 12.2. The van der Waals surface area contributed by atoms with Gasteiger partial charge < -0.3 is 5.32 Å². The van der Waals surface area contributed by atoms with Crippen LogP contribution in [0.2, 0.25) is 0 Å². The lowest BCUT2D eigenvalue weighted by Crippen LogP contribution is -2.22. The van der Waals surface area contributed by atoms with Gasteiger partial charge in [-0.25, -0.2) is 12.7 Å². The number of nitrogens with zero attached hydrogens (tertiary/aromatic N) is 3. The van der Waals surface area contributed by atoms with Gasteiger partial charge in [-0.15, -0.1) is 0 Å². The van der Waals surface area contributed by atoms with E-state index in [9.17, 15) is 13.2 Å². The molecule has 0 fully saturated rings. The zero-order chi connectivity index (χ0) is 20.9. The van der Waals surface area contributed by atoms with Crippen LogP contribution in [0, 0.1) is 0 Å². The van der Waals surface area contributed by atoms with Crippen LogP contribution in [-0.4, -0.2) is 42.5 Å². The van der Waals surface area contributed by atoms with E-state index in [-0.39, 0.29) is 10.8 Å². The summed E-state index contributed by atoms with van der Waals surface area (Å²) in [6.45, 7) is 0.647. The third-order valence-corrected chi connectivity index (χ3v) is 5.96. The molecule has 0 aliphatic carbocycles. The summed E-state index contributed by atoms with van der Waals surface area (Å²) >= 11 is 0. The summed E-state index contributed by atoms with van der Waals surface area (Å²) in [7, 11) is -0.641. The van der Waals surface area contributed by atoms with Gasteiger partial charge in [-0.3, -0.25) is 9.48 Å². The molecule has 0 aliphatic rings. The van der Waals surface area contributed by atoms with Crippen LogP contribution in [-0.2, 0) is 21.4 Å². The molecule has 2 aromatic carbocycles. The van der Waals surface area contributed by atoms with Gasteiger partial charge in [0.25, 0.3) is 0 Å². The Morgan fingerprint density at radius 2 is 1.90 bits per heavy atom. The van der Waals surface area contributed by atoms with Gasteiger partial charge in [0.05, 0.1) is 17.6 Å².